The van der Waals surface area contributed by atoms with Gasteiger partial charge in [-0.05, 0) is 32.2 Å². The molecule has 0 unspecified atom stereocenters. The predicted molar refractivity (Wildman–Crippen MR) is 60.5 cm³/mol. The summed E-state index contributed by atoms with van der Waals surface area (Å²) in [6, 6.07) is 4.52. The Labute approximate surface area is 89.8 Å². The third-order valence-corrected chi connectivity index (χ3v) is 1.89. The van der Waals surface area contributed by atoms with Gasteiger partial charge in [-0.3, -0.25) is 0 Å². The minimum atomic E-state index is -0.248. The van der Waals surface area contributed by atoms with Gasteiger partial charge in [0.2, 0.25) is 0 Å². The quantitative estimate of drug-likeness (QED) is 0.804. The van der Waals surface area contributed by atoms with Crippen LogP contribution in [-0.2, 0) is 0 Å². The number of ether oxygens (including phenoxy) is 1. The van der Waals surface area contributed by atoms with E-state index in [-0.39, 0.29) is 5.82 Å². The average molecular weight is 209 g/mol. The fourth-order valence-corrected chi connectivity index (χ4v) is 1.24. The summed E-state index contributed by atoms with van der Waals surface area (Å²) in [7, 11) is 1.86. The molecule has 0 aliphatic carbocycles. The maximum absolute atomic E-state index is 13.0. The third kappa shape index (κ3) is 3.72. The average Bonchev–Trinajstić information content (AvgIpc) is 2.22. The Balaban J connectivity index is 2.86. The largest absolute Gasteiger partial charge is 0.493 e. The lowest BCUT2D eigenvalue weighted by Crippen LogP contribution is -2.03. The van der Waals surface area contributed by atoms with Gasteiger partial charge in [0.1, 0.15) is 11.6 Å². The molecule has 0 aliphatic rings. The Bertz CT molecular complexity index is 336. The molecule has 0 saturated carbocycles. The highest BCUT2D eigenvalue weighted by atomic mass is 19.1. The van der Waals surface area contributed by atoms with Crippen molar-refractivity contribution in [3.8, 4) is 5.75 Å². The SMILES string of the molecule is CCOc1ccc(F)cc1C=CCNC. The molecule has 3 heteroatoms. The molecule has 1 rings (SSSR count). The lowest BCUT2D eigenvalue weighted by atomic mass is 10.2. The molecule has 1 aromatic carbocycles. The van der Waals surface area contributed by atoms with Gasteiger partial charge in [0, 0.05) is 12.1 Å². The first-order chi connectivity index (χ1) is 7.27. The van der Waals surface area contributed by atoms with E-state index in [1.807, 2.05) is 26.1 Å². The van der Waals surface area contributed by atoms with E-state index >= 15 is 0 Å². The number of nitrogens with one attached hydrogen (secondary N) is 1. The molecular weight excluding hydrogens is 193 g/mol. The van der Waals surface area contributed by atoms with Gasteiger partial charge in [-0.15, -0.1) is 0 Å². The third-order valence-electron chi connectivity index (χ3n) is 1.89. The lowest BCUT2D eigenvalue weighted by Gasteiger charge is -2.06. The highest BCUT2D eigenvalue weighted by molar-refractivity contribution is 5.57. The van der Waals surface area contributed by atoms with Crippen LogP contribution in [-0.4, -0.2) is 20.2 Å². The fourth-order valence-electron chi connectivity index (χ4n) is 1.24. The lowest BCUT2D eigenvalue weighted by molar-refractivity contribution is 0.339. The molecule has 15 heavy (non-hydrogen) atoms. The summed E-state index contributed by atoms with van der Waals surface area (Å²) in [6.07, 6.45) is 3.78. The second kappa shape index (κ2) is 6.19. The van der Waals surface area contributed by atoms with Crippen LogP contribution in [0.5, 0.6) is 5.75 Å². The second-order valence-corrected chi connectivity index (χ2v) is 3.08. The zero-order valence-corrected chi connectivity index (χ0v) is 9.09. The molecule has 82 valence electrons. The van der Waals surface area contributed by atoms with Crippen molar-refractivity contribution >= 4 is 6.08 Å². The molecule has 1 aromatic rings. The summed E-state index contributed by atoms with van der Waals surface area (Å²) < 4.78 is 18.4. The van der Waals surface area contributed by atoms with Crippen molar-refractivity contribution in [2.75, 3.05) is 20.2 Å². The van der Waals surface area contributed by atoms with Gasteiger partial charge in [0.15, 0.2) is 0 Å². The zero-order chi connectivity index (χ0) is 11.1. The van der Waals surface area contributed by atoms with E-state index in [1.54, 1.807) is 6.07 Å². The van der Waals surface area contributed by atoms with E-state index in [0.29, 0.717) is 12.4 Å². The van der Waals surface area contributed by atoms with E-state index in [1.165, 1.54) is 12.1 Å². The molecule has 0 fully saturated rings. The van der Waals surface area contributed by atoms with Crippen LogP contribution >= 0.6 is 0 Å². The van der Waals surface area contributed by atoms with Crippen LogP contribution in [0.4, 0.5) is 4.39 Å². The Morgan fingerprint density at radius 3 is 2.93 bits per heavy atom. The fraction of sp³-hybridized carbons (Fsp3) is 0.333. The molecule has 0 aliphatic heterocycles. The van der Waals surface area contributed by atoms with Crippen LogP contribution in [0.3, 0.4) is 0 Å². The Morgan fingerprint density at radius 1 is 1.47 bits per heavy atom. The molecule has 0 atom stereocenters. The first kappa shape index (κ1) is 11.7. The van der Waals surface area contributed by atoms with Gasteiger partial charge in [-0.2, -0.15) is 0 Å². The van der Waals surface area contributed by atoms with Gasteiger partial charge in [0.25, 0.3) is 0 Å². The summed E-state index contributed by atoms with van der Waals surface area (Å²) in [5.74, 6) is 0.466. The molecule has 0 heterocycles. The Hall–Kier alpha value is -1.35. The maximum Gasteiger partial charge on any atom is 0.126 e. The van der Waals surface area contributed by atoms with Gasteiger partial charge in [-0.25, -0.2) is 4.39 Å². The number of likely N-dealkylation sites (N-methyl/N-ethyl adjacent to an activating group) is 1. The van der Waals surface area contributed by atoms with Crippen LogP contribution < -0.4 is 10.1 Å². The van der Waals surface area contributed by atoms with E-state index in [2.05, 4.69) is 5.32 Å². The summed E-state index contributed by atoms with van der Waals surface area (Å²) >= 11 is 0. The van der Waals surface area contributed by atoms with Crippen molar-refractivity contribution < 1.29 is 9.13 Å². The van der Waals surface area contributed by atoms with Crippen LogP contribution in [0.25, 0.3) is 6.08 Å². The molecule has 1 N–H and O–H groups in total. The number of hydrogen-bond donors (Lipinski definition) is 1. The monoisotopic (exact) mass is 209 g/mol. The predicted octanol–water partition coefficient (Wildman–Crippen LogP) is 2.46. The number of hydrogen-bond acceptors (Lipinski definition) is 2. The number of rotatable bonds is 5. The van der Waals surface area contributed by atoms with Crippen molar-refractivity contribution in [2.45, 2.75) is 6.92 Å². The van der Waals surface area contributed by atoms with Crippen molar-refractivity contribution in [1.82, 2.24) is 5.32 Å². The summed E-state index contributed by atoms with van der Waals surface area (Å²) in [5, 5.41) is 2.98. The Morgan fingerprint density at radius 2 is 2.27 bits per heavy atom. The van der Waals surface area contributed by atoms with Crippen LogP contribution in [0.15, 0.2) is 24.3 Å². The van der Waals surface area contributed by atoms with Crippen molar-refractivity contribution in [1.29, 1.82) is 0 Å². The Kier molecular flexibility index (Phi) is 4.84. The van der Waals surface area contributed by atoms with Crippen LogP contribution in [0, 0.1) is 5.82 Å². The highest BCUT2D eigenvalue weighted by Crippen LogP contribution is 2.20. The van der Waals surface area contributed by atoms with Gasteiger partial charge in [0.05, 0.1) is 6.61 Å². The van der Waals surface area contributed by atoms with Gasteiger partial charge >= 0.3 is 0 Å². The van der Waals surface area contributed by atoms with Gasteiger partial charge < -0.3 is 10.1 Å². The zero-order valence-electron chi connectivity index (χ0n) is 9.09. The van der Waals surface area contributed by atoms with E-state index in [4.69, 9.17) is 4.74 Å². The van der Waals surface area contributed by atoms with Crippen LogP contribution in [0.2, 0.25) is 0 Å². The second-order valence-electron chi connectivity index (χ2n) is 3.08. The standard InChI is InChI=1S/C12H16FNO/c1-3-15-12-7-6-11(13)9-10(12)5-4-8-14-2/h4-7,9,14H,3,8H2,1-2H3. The normalized spacial score (nSPS) is 10.9. The molecule has 0 spiro atoms. The summed E-state index contributed by atoms with van der Waals surface area (Å²) in [4.78, 5) is 0. The van der Waals surface area contributed by atoms with Crippen molar-refractivity contribution in [3.05, 3.63) is 35.7 Å². The van der Waals surface area contributed by atoms with Gasteiger partial charge in [-0.1, -0.05) is 12.2 Å². The molecule has 0 aromatic heterocycles. The molecule has 0 bridgehead atoms. The van der Waals surface area contributed by atoms with E-state index < -0.39 is 0 Å². The molecular formula is C12H16FNO. The highest BCUT2D eigenvalue weighted by Gasteiger charge is 2.01. The van der Waals surface area contributed by atoms with E-state index in [0.717, 1.165) is 12.1 Å². The van der Waals surface area contributed by atoms with Crippen LogP contribution in [0.1, 0.15) is 12.5 Å². The first-order valence-corrected chi connectivity index (χ1v) is 5.01. The number of halogens is 1. The molecule has 2 nitrogen and oxygen atoms in total. The molecule has 0 radical (unpaired) electrons. The topological polar surface area (TPSA) is 21.3 Å². The van der Waals surface area contributed by atoms with Crippen molar-refractivity contribution in [2.24, 2.45) is 0 Å². The maximum atomic E-state index is 13.0. The minimum absolute atomic E-state index is 0.248. The smallest absolute Gasteiger partial charge is 0.126 e. The summed E-state index contributed by atoms with van der Waals surface area (Å²) in [5.41, 5.74) is 0.770. The molecule has 0 amide bonds. The van der Waals surface area contributed by atoms with E-state index in [9.17, 15) is 4.39 Å². The number of benzene rings is 1. The minimum Gasteiger partial charge on any atom is -0.493 e. The van der Waals surface area contributed by atoms with Crippen molar-refractivity contribution in [3.63, 3.8) is 0 Å². The summed E-state index contributed by atoms with van der Waals surface area (Å²) in [6.45, 7) is 3.24. The molecule has 0 saturated heterocycles. The first-order valence-electron chi connectivity index (χ1n) is 5.01.